The number of anilines is 1. The lowest BCUT2D eigenvalue weighted by Crippen LogP contribution is -2.55. The van der Waals surface area contributed by atoms with Gasteiger partial charge in [-0.15, -0.1) is 0 Å². The van der Waals surface area contributed by atoms with Crippen molar-refractivity contribution in [1.29, 1.82) is 0 Å². The third-order valence-electron chi connectivity index (χ3n) is 7.53. The first-order valence-corrected chi connectivity index (χ1v) is 12.5. The summed E-state index contributed by atoms with van der Waals surface area (Å²) < 4.78 is 0. The van der Waals surface area contributed by atoms with E-state index in [2.05, 4.69) is 31.2 Å². The van der Waals surface area contributed by atoms with E-state index in [0.29, 0.717) is 15.9 Å². The van der Waals surface area contributed by atoms with Crippen LogP contribution in [0.25, 0.3) is 0 Å². The lowest BCUT2D eigenvalue weighted by molar-refractivity contribution is 0.0909. The second kappa shape index (κ2) is 9.24. The Bertz CT molecular complexity index is 938. The van der Waals surface area contributed by atoms with Crippen LogP contribution in [0.2, 0.25) is 10.0 Å². The summed E-state index contributed by atoms with van der Waals surface area (Å²) in [6, 6.07) is 6.23. The molecule has 0 atom stereocenters. The number of benzene rings is 1. The maximum Gasteiger partial charge on any atom is 0.287 e. The molecule has 2 heterocycles. The normalized spacial score (nSPS) is 25.1. The molecule has 2 aromatic rings. The van der Waals surface area contributed by atoms with Gasteiger partial charge in [0.2, 0.25) is 0 Å². The molecule has 1 amide bonds. The van der Waals surface area contributed by atoms with Crippen molar-refractivity contribution in [1.82, 2.24) is 20.2 Å². The van der Waals surface area contributed by atoms with Crippen molar-refractivity contribution in [2.45, 2.75) is 56.5 Å². The van der Waals surface area contributed by atoms with Crippen molar-refractivity contribution >= 4 is 34.8 Å². The number of nitrogens with zero attached hydrogens (tertiary/aromatic N) is 3. The molecule has 172 valence electrons. The van der Waals surface area contributed by atoms with Gasteiger partial charge in [-0.1, -0.05) is 29.3 Å². The van der Waals surface area contributed by atoms with Crippen LogP contribution in [0, 0.1) is 5.92 Å². The van der Waals surface area contributed by atoms with Gasteiger partial charge < -0.3 is 15.2 Å². The summed E-state index contributed by atoms with van der Waals surface area (Å²) in [6.07, 6.45) is 11.5. The van der Waals surface area contributed by atoms with Crippen LogP contribution >= 0.6 is 23.2 Å². The van der Waals surface area contributed by atoms with Crippen molar-refractivity contribution in [3.63, 3.8) is 0 Å². The molecule has 1 aliphatic heterocycles. The number of carbonyl (C=O) groups is 1. The Morgan fingerprint density at radius 2 is 2.00 bits per heavy atom. The van der Waals surface area contributed by atoms with Crippen molar-refractivity contribution in [3.05, 3.63) is 46.5 Å². The molecule has 32 heavy (non-hydrogen) atoms. The lowest BCUT2D eigenvalue weighted by Gasteiger charge is -2.44. The lowest BCUT2D eigenvalue weighted by atomic mass is 9.84. The summed E-state index contributed by atoms with van der Waals surface area (Å²) in [5.41, 5.74) is 1.33. The number of aromatic nitrogens is 2. The number of hydrogen-bond acceptors (Lipinski definition) is 4. The summed E-state index contributed by atoms with van der Waals surface area (Å²) in [5.74, 6) is 1.06. The number of imidazole rings is 1. The average Bonchev–Trinajstić information content (AvgIpc) is 3.33. The standard InChI is InChI=1S/C24H31Cl2N5O/c25-19-2-1-3-20(21(19)26)31-15-14-30(16-24(31)9-10-24)13-8-17-4-6-18(7-5-17)29-23(32)22-27-11-12-28-22/h1-3,11-12,17-18H,4-10,13-16H2,(H,27,28)(H,29,32)/t17-,18-. The van der Waals surface area contributed by atoms with Crippen LogP contribution in [-0.2, 0) is 0 Å². The fraction of sp³-hybridized carbons (Fsp3) is 0.583. The van der Waals surface area contributed by atoms with Gasteiger partial charge in [0, 0.05) is 38.1 Å². The van der Waals surface area contributed by atoms with E-state index in [1.165, 1.54) is 32.1 Å². The maximum atomic E-state index is 12.2. The quantitative estimate of drug-likeness (QED) is 0.632. The fourth-order valence-electron chi connectivity index (χ4n) is 5.50. The predicted molar refractivity (Wildman–Crippen MR) is 129 cm³/mol. The minimum absolute atomic E-state index is 0.0918. The van der Waals surface area contributed by atoms with E-state index in [-0.39, 0.29) is 17.5 Å². The minimum Gasteiger partial charge on any atom is -0.362 e. The smallest absolute Gasteiger partial charge is 0.287 e. The van der Waals surface area contributed by atoms with Gasteiger partial charge in [-0.2, -0.15) is 0 Å². The number of halogens is 2. The molecule has 0 bridgehead atoms. The zero-order valence-corrected chi connectivity index (χ0v) is 19.8. The van der Waals surface area contributed by atoms with Crippen LogP contribution in [0.5, 0.6) is 0 Å². The molecule has 1 spiro atoms. The first kappa shape index (κ1) is 22.1. The number of rotatable bonds is 6. The highest BCUT2D eigenvalue weighted by atomic mass is 35.5. The van der Waals surface area contributed by atoms with Crippen LogP contribution in [0.15, 0.2) is 30.6 Å². The third-order valence-corrected chi connectivity index (χ3v) is 8.34. The van der Waals surface area contributed by atoms with Gasteiger partial charge in [0.1, 0.15) is 0 Å². The zero-order chi connectivity index (χ0) is 22.1. The van der Waals surface area contributed by atoms with Gasteiger partial charge >= 0.3 is 0 Å². The van der Waals surface area contributed by atoms with Gasteiger partial charge in [-0.25, -0.2) is 4.98 Å². The monoisotopic (exact) mass is 475 g/mol. The van der Waals surface area contributed by atoms with Gasteiger partial charge in [-0.3, -0.25) is 9.69 Å². The number of carbonyl (C=O) groups excluding carboxylic acids is 1. The SMILES string of the molecule is O=C(N[C@H]1CC[C@H](CCN2CCN(c3cccc(Cl)c3Cl)C3(CC3)C2)CC1)c1ncc[nH]1. The van der Waals surface area contributed by atoms with Gasteiger partial charge in [0.25, 0.3) is 5.91 Å². The number of nitrogens with one attached hydrogen (secondary N) is 2. The molecular formula is C24H31Cl2N5O. The van der Waals surface area contributed by atoms with E-state index in [9.17, 15) is 4.79 Å². The first-order valence-electron chi connectivity index (χ1n) is 11.8. The maximum absolute atomic E-state index is 12.2. The summed E-state index contributed by atoms with van der Waals surface area (Å²) in [5, 5.41) is 4.45. The van der Waals surface area contributed by atoms with E-state index in [4.69, 9.17) is 23.2 Å². The summed E-state index contributed by atoms with van der Waals surface area (Å²) >= 11 is 12.8. The third kappa shape index (κ3) is 4.63. The van der Waals surface area contributed by atoms with Crippen LogP contribution in [0.1, 0.15) is 55.6 Å². The molecule has 0 unspecified atom stereocenters. The Morgan fingerprint density at radius 1 is 1.19 bits per heavy atom. The van der Waals surface area contributed by atoms with Gasteiger partial charge in [0.05, 0.1) is 21.3 Å². The largest absolute Gasteiger partial charge is 0.362 e. The minimum atomic E-state index is -0.0918. The van der Waals surface area contributed by atoms with Crippen LogP contribution in [-0.4, -0.2) is 58.5 Å². The summed E-state index contributed by atoms with van der Waals surface area (Å²) in [6.45, 7) is 4.35. The molecular weight excluding hydrogens is 445 g/mol. The van der Waals surface area contributed by atoms with Crippen molar-refractivity contribution < 1.29 is 4.79 Å². The molecule has 3 fully saturated rings. The second-order valence-corrected chi connectivity index (χ2v) is 10.4. The van der Waals surface area contributed by atoms with Gasteiger partial charge in [0.15, 0.2) is 5.82 Å². The van der Waals surface area contributed by atoms with Crippen LogP contribution in [0.3, 0.4) is 0 Å². The second-order valence-electron chi connectivity index (χ2n) is 9.64. The first-order chi connectivity index (χ1) is 15.5. The molecule has 2 aliphatic carbocycles. The topological polar surface area (TPSA) is 64.3 Å². The van der Waals surface area contributed by atoms with Crippen LogP contribution in [0.4, 0.5) is 5.69 Å². The Balaban J connectivity index is 1.08. The number of hydrogen-bond donors (Lipinski definition) is 2. The molecule has 8 heteroatoms. The molecule has 2 saturated carbocycles. The van der Waals surface area contributed by atoms with E-state index in [1.54, 1.807) is 12.4 Å². The zero-order valence-electron chi connectivity index (χ0n) is 18.3. The van der Waals surface area contributed by atoms with Gasteiger partial charge in [-0.05, 0) is 69.5 Å². The molecule has 1 aromatic carbocycles. The van der Waals surface area contributed by atoms with Crippen LogP contribution < -0.4 is 10.2 Å². The van der Waals surface area contributed by atoms with Crippen molar-refractivity contribution in [3.8, 4) is 0 Å². The van der Waals surface area contributed by atoms with E-state index in [1.807, 2.05) is 12.1 Å². The Kier molecular flexibility index (Phi) is 6.37. The molecule has 2 N–H and O–H groups in total. The molecule has 6 nitrogen and oxygen atoms in total. The van der Waals surface area contributed by atoms with E-state index >= 15 is 0 Å². The molecule has 5 rings (SSSR count). The predicted octanol–water partition coefficient (Wildman–Crippen LogP) is 4.75. The Hall–Kier alpha value is -1.76. The number of amides is 1. The fourth-order valence-corrected chi connectivity index (χ4v) is 5.90. The molecule has 3 aliphatic rings. The highest BCUT2D eigenvalue weighted by Gasteiger charge is 2.51. The average molecular weight is 476 g/mol. The van der Waals surface area contributed by atoms with Crippen molar-refractivity contribution in [2.75, 3.05) is 31.1 Å². The summed E-state index contributed by atoms with van der Waals surface area (Å²) in [4.78, 5) is 24.3. The van der Waals surface area contributed by atoms with Crippen molar-refractivity contribution in [2.24, 2.45) is 5.92 Å². The Labute approximate surface area is 199 Å². The summed E-state index contributed by atoms with van der Waals surface area (Å²) in [7, 11) is 0. The molecule has 0 radical (unpaired) electrons. The Morgan fingerprint density at radius 3 is 2.72 bits per heavy atom. The number of H-pyrrole nitrogens is 1. The van der Waals surface area contributed by atoms with E-state index < -0.39 is 0 Å². The highest BCUT2D eigenvalue weighted by Crippen LogP contribution is 2.49. The molecule has 1 aromatic heterocycles. The molecule has 1 saturated heterocycles. The number of aromatic amines is 1. The highest BCUT2D eigenvalue weighted by molar-refractivity contribution is 6.43. The number of piperazine rings is 1. The van der Waals surface area contributed by atoms with E-state index in [0.717, 1.165) is 50.6 Å².